The van der Waals surface area contributed by atoms with Gasteiger partial charge in [-0.25, -0.2) is 14.3 Å². The van der Waals surface area contributed by atoms with E-state index in [0.717, 1.165) is 53.1 Å². The molecule has 3 heterocycles. The third kappa shape index (κ3) is 4.46. The number of nitrogens with zero attached hydrogens (tertiary/aromatic N) is 3. The topological polar surface area (TPSA) is 75.0 Å². The summed E-state index contributed by atoms with van der Waals surface area (Å²) in [5, 5.41) is 4.76. The number of methoxy groups -OCH3 is 1. The highest BCUT2D eigenvalue weighted by atomic mass is 16.6. The molecule has 2 aromatic heterocycles. The first-order chi connectivity index (χ1) is 17.3. The van der Waals surface area contributed by atoms with Crippen LogP contribution in [0.25, 0.3) is 28.0 Å². The van der Waals surface area contributed by atoms with Crippen molar-refractivity contribution in [2.24, 2.45) is 0 Å². The Labute approximate surface area is 211 Å². The second kappa shape index (κ2) is 9.39. The molecule has 0 saturated carbocycles. The standard InChI is InChI=1S/C29H31N3O4/c1-18-24(26(28(33)34-5)36-29(2,3)4)25(21-13-14-23-20(16-21)12-9-15-35-23)32-27(31-18)22(17-30-32)19-10-7-6-8-11-19/h6-8,10-11,13-14,16-17,26H,9,12,15H2,1-5H3. The first-order valence-electron chi connectivity index (χ1n) is 12.2. The van der Waals surface area contributed by atoms with Crippen molar-refractivity contribution in [3.63, 3.8) is 0 Å². The van der Waals surface area contributed by atoms with Crippen LogP contribution in [0.1, 0.15) is 50.1 Å². The van der Waals surface area contributed by atoms with Gasteiger partial charge in [-0.3, -0.25) is 0 Å². The van der Waals surface area contributed by atoms with Crippen LogP contribution in [0.2, 0.25) is 0 Å². The van der Waals surface area contributed by atoms with E-state index < -0.39 is 17.7 Å². The van der Waals surface area contributed by atoms with Gasteiger partial charge < -0.3 is 14.2 Å². The van der Waals surface area contributed by atoms with Crippen LogP contribution in [0.3, 0.4) is 0 Å². The van der Waals surface area contributed by atoms with E-state index in [1.54, 1.807) is 0 Å². The van der Waals surface area contributed by atoms with Crippen LogP contribution < -0.4 is 4.74 Å². The molecule has 1 aliphatic rings. The number of rotatable bonds is 5. The largest absolute Gasteiger partial charge is 0.493 e. The number of esters is 1. The Morgan fingerprint density at radius 2 is 1.89 bits per heavy atom. The highest BCUT2D eigenvalue weighted by Crippen LogP contribution is 2.39. The Hall–Kier alpha value is -3.71. The Morgan fingerprint density at radius 3 is 2.61 bits per heavy atom. The Bertz CT molecular complexity index is 1420. The van der Waals surface area contributed by atoms with Crippen molar-refractivity contribution in [1.29, 1.82) is 0 Å². The molecule has 36 heavy (non-hydrogen) atoms. The number of carbonyl (C=O) groups excluding carboxylic acids is 1. The molecule has 1 aliphatic heterocycles. The van der Waals surface area contributed by atoms with Crippen molar-refractivity contribution in [3.8, 4) is 28.1 Å². The maximum atomic E-state index is 13.1. The van der Waals surface area contributed by atoms with Gasteiger partial charge in [0.1, 0.15) is 5.75 Å². The molecular formula is C29H31N3O4. The van der Waals surface area contributed by atoms with Gasteiger partial charge in [0.2, 0.25) is 0 Å². The van der Waals surface area contributed by atoms with Gasteiger partial charge in [0.15, 0.2) is 11.8 Å². The molecule has 1 atom stereocenters. The van der Waals surface area contributed by atoms with Crippen LogP contribution >= 0.6 is 0 Å². The minimum absolute atomic E-state index is 0.479. The van der Waals surface area contributed by atoms with E-state index in [9.17, 15) is 4.79 Å². The van der Waals surface area contributed by atoms with E-state index in [1.165, 1.54) is 7.11 Å². The molecule has 1 unspecified atom stereocenters. The highest BCUT2D eigenvalue weighted by molar-refractivity contribution is 5.84. The molecule has 0 radical (unpaired) electrons. The van der Waals surface area contributed by atoms with Gasteiger partial charge in [-0.15, -0.1) is 0 Å². The Balaban J connectivity index is 1.81. The quantitative estimate of drug-likeness (QED) is 0.336. The molecule has 5 rings (SSSR count). The SMILES string of the molecule is COC(=O)C(OC(C)(C)C)c1c(C)nc2c(-c3ccccc3)cnn2c1-c1ccc2c(c1)CCCO2. The maximum absolute atomic E-state index is 13.1. The zero-order valence-corrected chi connectivity index (χ0v) is 21.4. The molecule has 4 aromatic rings. The monoisotopic (exact) mass is 485 g/mol. The summed E-state index contributed by atoms with van der Waals surface area (Å²) in [5.74, 6) is 0.418. The second-order valence-electron chi connectivity index (χ2n) is 10.0. The number of aryl methyl sites for hydroxylation is 2. The first kappa shape index (κ1) is 24.0. The third-order valence-electron chi connectivity index (χ3n) is 6.29. The lowest BCUT2D eigenvalue weighted by molar-refractivity contribution is -0.164. The summed E-state index contributed by atoms with van der Waals surface area (Å²) in [5.41, 5.74) is 6.19. The summed E-state index contributed by atoms with van der Waals surface area (Å²) >= 11 is 0. The second-order valence-corrected chi connectivity index (χ2v) is 10.0. The van der Waals surface area contributed by atoms with Gasteiger partial charge in [-0.2, -0.15) is 5.10 Å². The van der Waals surface area contributed by atoms with Crippen molar-refractivity contribution in [3.05, 3.63) is 71.5 Å². The predicted octanol–water partition coefficient (Wildman–Crippen LogP) is 5.73. The molecule has 0 saturated heterocycles. The molecule has 7 nitrogen and oxygen atoms in total. The minimum Gasteiger partial charge on any atom is -0.493 e. The first-order valence-corrected chi connectivity index (χ1v) is 12.2. The smallest absolute Gasteiger partial charge is 0.339 e. The minimum atomic E-state index is -0.974. The van der Waals surface area contributed by atoms with Crippen molar-refractivity contribution in [1.82, 2.24) is 14.6 Å². The van der Waals surface area contributed by atoms with Crippen molar-refractivity contribution in [2.75, 3.05) is 13.7 Å². The van der Waals surface area contributed by atoms with Crippen LogP contribution in [0.5, 0.6) is 5.75 Å². The van der Waals surface area contributed by atoms with E-state index in [-0.39, 0.29) is 0 Å². The lowest BCUT2D eigenvalue weighted by atomic mass is 9.95. The molecule has 0 bridgehead atoms. The summed E-state index contributed by atoms with van der Waals surface area (Å²) in [7, 11) is 1.37. The van der Waals surface area contributed by atoms with Crippen LogP contribution in [-0.4, -0.2) is 39.9 Å². The Kier molecular flexibility index (Phi) is 6.26. The van der Waals surface area contributed by atoms with Crippen molar-refractivity contribution in [2.45, 2.75) is 52.2 Å². The lowest BCUT2D eigenvalue weighted by Gasteiger charge is -2.28. The number of fused-ring (bicyclic) bond motifs is 2. The van der Waals surface area contributed by atoms with Crippen molar-refractivity contribution >= 4 is 11.6 Å². The fourth-order valence-corrected chi connectivity index (χ4v) is 4.72. The van der Waals surface area contributed by atoms with Gasteiger partial charge in [0.25, 0.3) is 0 Å². The van der Waals surface area contributed by atoms with Gasteiger partial charge in [0.05, 0.1) is 31.2 Å². The fraction of sp³-hybridized carbons (Fsp3) is 0.345. The van der Waals surface area contributed by atoms with Crippen LogP contribution in [0.15, 0.2) is 54.7 Å². The van der Waals surface area contributed by atoms with Crippen LogP contribution in [0, 0.1) is 6.92 Å². The number of ether oxygens (including phenoxy) is 3. The molecule has 2 aromatic carbocycles. The van der Waals surface area contributed by atoms with Gasteiger partial charge in [-0.05, 0) is 69.9 Å². The molecule has 0 N–H and O–H groups in total. The number of aromatic nitrogens is 3. The van der Waals surface area contributed by atoms with E-state index in [4.69, 9.17) is 24.3 Å². The molecular weight excluding hydrogens is 454 g/mol. The highest BCUT2D eigenvalue weighted by Gasteiger charge is 2.34. The number of hydrogen-bond acceptors (Lipinski definition) is 6. The lowest BCUT2D eigenvalue weighted by Crippen LogP contribution is -2.30. The molecule has 0 fully saturated rings. The summed E-state index contributed by atoms with van der Waals surface area (Å²) in [6, 6.07) is 16.2. The zero-order chi connectivity index (χ0) is 25.4. The zero-order valence-electron chi connectivity index (χ0n) is 21.4. The number of hydrogen-bond donors (Lipinski definition) is 0. The van der Waals surface area contributed by atoms with Crippen molar-refractivity contribution < 1.29 is 19.0 Å². The average molecular weight is 486 g/mol. The normalized spacial score (nSPS) is 14.2. The summed E-state index contributed by atoms with van der Waals surface area (Å²) in [4.78, 5) is 18.0. The average Bonchev–Trinajstić information content (AvgIpc) is 3.29. The third-order valence-corrected chi connectivity index (χ3v) is 6.29. The maximum Gasteiger partial charge on any atom is 0.339 e. The molecule has 0 aliphatic carbocycles. The van der Waals surface area contributed by atoms with Gasteiger partial charge in [0, 0.05) is 22.4 Å². The van der Waals surface area contributed by atoms with E-state index in [1.807, 2.05) is 80.9 Å². The molecule has 0 amide bonds. The molecule has 0 spiro atoms. The van der Waals surface area contributed by atoms with Crippen LogP contribution in [-0.2, 0) is 20.7 Å². The summed E-state index contributed by atoms with van der Waals surface area (Å²) < 4.78 is 19.2. The fourth-order valence-electron chi connectivity index (χ4n) is 4.72. The summed E-state index contributed by atoms with van der Waals surface area (Å²) in [6.07, 6.45) is 2.74. The number of benzene rings is 2. The molecule has 186 valence electrons. The van der Waals surface area contributed by atoms with E-state index in [2.05, 4.69) is 6.07 Å². The van der Waals surface area contributed by atoms with Gasteiger partial charge in [-0.1, -0.05) is 30.3 Å². The Morgan fingerprint density at radius 1 is 1.11 bits per heavy atom. The predicted molar refractivity (Wildman–Crippen MR) is 138 cm³/mol. The number of carbonyl (C=O) groups is 1. The molecule has 7 heteroatoms. The van der Waals surface area contributed by atoms with E-state index in [0.29, 0.717) is 16.9 Å². The van der Waals surface area contributed by atoms with Gasteiger partial charge >= 0.3 is 5.97 Å². The van der Waals surface area contributed by atoms with E-state index >= 15 is 0 Å². The van der Waals surface area contributed by atoms with Crippen LogP contribution in [0.4, 0.5) is 0 Å². The summed E-state index contributed by atoms with van der Waals surface area (Å²) in [6.45, 7) is 8.38.